The molecule has 1 amide bonds. The number of anilines is 1. The highest BCUT2D eigenvalue weighted by Crippen LogP contribution is 2.33. The van der Waals surface area contributed by atoms with Gasteiger partial charge in [0.05, 0.1) is 11.3 Å². The number of carboxylic acid groups (broad SMARTS) is 1. The first-order valence-corrected chi connectivity index (χ1v) is 16.9. The van der Waals surface area contributed by atoms with Gasteiger partial charge in [0.2, 0.25) is 0 Å². The van der Waals surface area contributed by atoms with Gasteiger partial charge >= 0.3 is 12.1 Å². The third-order valence-electron chi connectivity index (χ3n) is 8.11. The van der Waals surface area contributed by atoms with Gasteiger partial charge in [0.25, 0.3) is 23.5 Å². The highest BCUT2D eigenvalue weighted by Gasteiger charge is 2.29. The summed E-state index contributed by atoms with van der Waals surface area (Å²) in [6, 6.07) is 14.8. The Bertz CT molecular complexity index is 2180. The van der Waals surface area contributed by atoms with Gasteiger partial charge < -0.3 is 19.3 Å². The van der Waals surface area contributed by atoms with E-state index in [1.165, 1.54) is 45.9 Å². The van der Waals surface area contributed by atoms with E-state index in [4.69, 9.17) is 14.4 Å². The minimum Gasteiger partial charge on any atom is -0.481 e. The normalized spacial score (nSPS) is 11.0. The molecule has 5 aromatic rings. The van der Waals surface area contributed by atoms with Gasteiger partial charge in [-0.1, -0.05) is 35.4 Å². The number of hydrogen-bond acceptors (Lipinski definition) is 9. The fraction of sp³-hybridized carbons (Fsp3) is 0.250. The molecule has 0 bridgehead atoms. The summed E-state index contributed by atoms with van der Waals surface area (Å²) in [5.74, 6) is -0.515. The Morgan fingerprint density at radius 1 is 1.02 bits per heavy atom. The minimum absolute atomic E-state index is 0.00919. The summed E-state index contributed by atoms with van der Waals surface area (Å²) in [4.78, 5) is 64.3. The number of hydrogen-bond donors (Lipinski definition) is 1. The van der Waals surface area contributed by atoms with Gasteiger partial charge in [-0.15, -0.1) is 21.1 Å². The Morgan fingerprint density at radius 3 is 2.35 bits per heavy atom. The van der Waals surface area contributed by atoms with Crippen molar-refractivity contribution in [1.82, 2.24) is 9.31 Å². The number of imidazole rings is 1. The zero-order chi connectivity index (χ0) is 37.0. The number of carbonyl (C=O) groups is 3. The van der Waals surface area contributed by atoms with Gasteiger partial charge in [0, 0.05) is 35.7 Å². The van der Waals surface area contributed by atoms with Crippen LogP contribution >= 0.6 is 11.8 Å². The maximum atomic E-state index is 14.0. The van der Waals surface area contributed by atoms with Crippen molar-refractivity contribution >= 4 is 41.1 Å². The van der Waals surface area contributed by atoms with E-state index >= 15 is 0 Å². The smallest absolute Gasteiger partial charge is 0.481 e. The van der Waals surface area contributed by atoms with Crippen LogP contribution in [0, 0.1) is 37.8 Å². The Morgan fingerprint density at radius 2 is 1.71 bits per heavy atom. The molecular weight excluding hydrogens is 678 g/mol. The average Bonchev–Trinajstić information content (AvgIpc) is 3.69. The predicted molar refractivity (Wildman–Crippen MR) is 189 cm³/mol. The van der Waals surface area contributed by atoms with Crippen LogP contribution in [0.1, 0.15) is 44.6 Å². The van der Waals surface area contributed by atoms with Crippen LogP contribution in [0.3, 0.4) is 0 Å². The van der Waals surface area contributed by atoms with Crippen LogP contribution in [0.15, 0.2) is 82.6 Å². The van der Waals surface area contributed by atoms with E-state index in [1.807, 2.05) is 52.0 Å². The summed E-state index contributed by atoms with van der Waals surface area (Å²) >= 11 is 1.37. The van der Waals surface area contributed by atoms with E-state index in [-0.39, 0.29) is 29.0 Å². The number of amides is 1. The summed E-state index contributed by atoms with van der Waals surface area (Å²) in [5, 5.41) is 21.2. The SMILES string of the molecule is Cc1ccc(N(C)C(=O)c2ccc(-n3oc(-c4c(C)cc(C)cc4C)c(COC(=O)n4cc[n+](CSCCC(=O)O)c4)c3=O)c([N+](=O)[O-])c2)cc1. The maximum Gasteiger partial charge on any atom is 0.511 e. The molecule has 0 saturated carbocycles. The fourth-order valence-corrected chi connectivity index (χ4v) is 6.41. The second-order valence-electron chi connectivity index (χ2n) is 12.0. The number of ether oxygens (including phenoxy) is 1. The largest absolute Gasteiger partial charge is 0.511 e. The molecule has 0 spiro atoms. The number of carboxylic acids is 1. The van der Waals surface area contributed by atoms with Crippen molar-refractivity contribution in [1.29, 1.82) is 0 Å². The van der Waals surface area contributed by atoms with Crippen LogP contribution in [-0.2, 0) is 22.0 Å². The highest BCUT2D eigenvalue weighted by atomic mass is 32.2. The van der Waals surface area contributed by atoms with E-state index in [9.17, 15) is 29.3 Å². The molecule has 0 aliphatic rings. The summed E-state index contributed by atoms with van der Waals surface area (Å²) in [6.07, 6.45) is 3.77. The summed E-state index contributed by atoms with van der Waals surface area (Å²) < 4.78 is 15.3. The van der Waals surface area contributed by atoms with Crippen molar-refractivity contribution in [2.24, 2.45) is 0 Å². The first kappa shape index (κ1) is 36.3. The second kappa shape index (κ2) is 15.3. The monoisotopic (exact) mass is 714 g/mol. The molecule has 14 nitrogen and oxygen atoms in total. The third kappa shape index (κ3) is 8.10. The number of carbonyl (C=O) groups excluding carboxylic acids is 2. The van der Waals surface area contributed by atoms with Crippen LogP contribution in [-0.4, -0.2) is 50.1 Å². The van der Waals surface area contributed by atoms with Crippen molar-refractivity contribution < 1.29 is 38.2 Å². The minimum atomic E-state index is -0.897. The zero-order valence-electron chi connectivity index (χ0n) is 28.6. The topological polar surface area (TPSA) is 171 Å². The van der Waals surface area contributed by atoms with Crippen LogP contribution in [0.2, 0.25) is 0 Å². The molecule has 2 aromatic heterocycles. The van der Waals surface area contributed by atoms with Gasteiger partial charge in [0.15, 0.2) is 11.4 Å². The number of nitrogens with zero attached hydrogens (tertiary/aromatic N) is 5. The van der Waals surface area contributed by atoms with Crippen LogP contribution in [0.5, 0.6) is 0 Å². The van der Waals surface area contributed by atoms with Gasteiger partial charge in [-0.2, -0.15) is 4.79 Å². The Balaban J connectivity index is 1.50. The van der Waals surface area contributed by atoms with Crippen LogP contribution in [0.4, 0.5) is 16.2 Å². The van der Waals surface area contributed by atoms with Gasteiger partial charge in [-0.3, -0.25) is 24.5 Å². The standard InChI is InChI=1S/C36H35N5O9S/c1-22-6-9-27(10-7-22)37(5)34(44)26-8-11-29(30(18-26)41(47)48)40-35(45)28(33(50-40)32-24(3)16-23(2)17-25(32)4)19-49-36(46)39-14-13-38(20-39)21-51-15-12-31(42)43/h6-11,13-14,16-18,20H,12,15,19,21H2,1-5H3/p+1. The molecule has 0 radical (unpaired) electrons. The first-order valence-electron chi connectivity index (χ1n) is 15.8. The lowest BCUT2D eigenvalue weighted by atomic mass is 9.96. The van der Waals surface area contributed by atoms with Gasteiger partial charge in [-0.25, -0.2) is 4.57 Å². The molecule has 1 N–H and O–H groups in total. The molecule has 5 rings (SSSR count). The lowest BCUT2D eigenvalue weighted by molar-refractivity contribution is -0.675. The fourth-order valence-electron chi connectivity index (χ4n) is 5.60. The number of rotatable bonds is 12. The summed E-state index contributed by atoms with van der Waals surface area (Å²) in [7, 11) is 1.56. The lowest BCUT2D eigenvalue weighted by Gasteiger charge is -2.17. The molecule has 0 aliphatic carbocycles. The molecule has 0 aliphatic heterocycles. The molecule has 264 valence electrons. The summed E-state index contributed by atoms with van der Waals surface area (Å²) in [6.45, 7) is 6.99. The Labute approximate surface area is 296 Å². The van der Waals surface area contributed by atoms with Crippen LogP contribution in [0.25, 0.3) is 17.0 Å². The first-order chi connectivity index (χ1) is 24.2. The number of aryl methyl sites for hydroxylation is 4. The quantitative estimate of drug-likeness (QED) is 0.0704. The van der Waals surface area contributed by atoms with Gasteiger partial charge in [-0.05, 0) is 63.1 Å². The molecule has 0 fully saturated rings. The molecular formula is C36H36N5O9S+. The van der Waals surface area contributed by atoms with Crippen molar-refractivity contribution in [3.63, 3.8) is 0 Å². The highest BCUT2D eigenvalue weighted by molar-refractivity contribution is 7.98. The molecule has 2 heterocycles. The van der Waals surface area contributed by atoms with E-state index in [2.05, 4.69) is 0 Å². The van der Waals surface area contributed by atoms with E-state index in [0.29, 0.717) is 22.9 Å². The van der Waals surface area contributed by atoms with Crippen molar-refractivity contribution in [2.75, 3.05) is 17.7 Å². The molecule has 0 atom stereocenters. The molecule has 0 unspecified atom stereocenters. The van der Waals surface area contributed by atoms with Crippen molar-refractivity contribution in [3.8, 4) is 17.0 Å². The van der Waals surface area contributed by atoms with E-state index < -0.39 is 40.7 Å². The maximum absolute atomic E-state index is 14.0. The van der Waals surface area contributed by atoms with Crippen LogP contribution < -0.4 is 15.0 Å². The second-order valence-corrected chi connectivity index (χ2v) is 13.1. The lowest BCUT2D eigenvalue weighted by Crippen LogP contribution is -2.30. The Kier molecular flexibility index (Phi) is 10.9. The van der Waals surface area contributed by atoms with Gasteiger partial charge in [0.1, 0.15) is 30.4 Å². The van der Waals surface area contributed by atoms with E-state index in [1.54, 1.807) is 29.9 Å². The number of nitro groups is 1. The number of aromatic nitrogens is 3. The number of benzene rings is 3. The average molecular weight is 715 g/mol. The number of thioether (sulfide) groups is 1. The Hall–Kier alpha value is -5.96. The molecule has 3 aromatic carbocycles. The predicted octanol–water partition coefficient (Wildman–Crippen LogP) is 5.96. The number of aliphatic carboxylic acids is 1. The zero-order valence-corrected chi connectivity index (χ0v) is 29.4. The molecule has 51 heavy (non-hydrogen) atoms. The van der Waals surface area contributed by atoms with Crippen molar-refractivity contribution in [2.45, 2.75) is 46.6 Å². The molecule has 0 saturated heterocycles. The van der Waals surface area contributed by atoms with E-state index in [0.717, 1.165) is 33.1 Å². The van der Waals surface area contributed by atoms with Crippen molar-refractivity contribution in [3.05, 3.63) is 127 Å². The molecule has 15 heteroatoms. The summed E-state index contributed by atoms with van der Waals surface area (Å²) in [5.41, 5.74) is 3.10. The third-order valence-corrected chi connectivity index (χ3v) is 9.08. The number of nitro benzene ring substituents is 1.